The third-order valence-electron chi connectivity index (χ3n) is 4.18. The minimum absolute atomic E-state index is 0.282. The SMILES string of the molecule is CNC(c1ccc(Br)cc1)C1(c2ccccc2)CC1. The number of nitrogens with one attached hydrogen (secondary N) is 1. The zero-order valence-corrected chi connectivity index (χ0v) is 12.7. The minimum Gasteiger partial charge on any atom is -0.312 e. The topological polar surface area (TPSA) is 12.0 Å². The predicted octanol–water partition coefficient (Wildman–Crippen LogP) is 4.44. The van der Waals surface area contributed by atoms with Crippen molar-refractivity contribution in [3.8, 4) is 0 Å². The molecule has 1 N–H and O–H groups in total. The monoisotopic (exact) mass is 315 g/mol. The quantitative estimate of drug-likeness (QED) is 0.879. The van der Waals surface area contributed by atoms with Gasteiger partial charge < -0.3 is 5.32 Å². The van der Waals surface area contributed by atoms with Gasteiger partial charge in [0.15, 0.2) is 0 Å². The van der Waals surface area contributed by atoms with Crippen LogP contribution in [-0.2, 0) is 5.41 Å². The number of likely N-dealkylation sites (N-methyl/N-ethyl adjacent to an activating group) is 1. The van der Waals surface area contributed by atoms with Crippen molar-refractivity contribution in [3.05, 3.63) is 70.2 Å². The molecule has 19 heavy (non-hydrogen) atoms. The predicted molar refractivity (Wildman–Crippen MR) is 83.3 cm³/mol. The van der Waals surface area contributed by atoms with Crippen molar-refractivity contribution in [1.29, 1.82) is 0 Å². The summed E-state index contributed by atoms with van der Waals surface area (Å²) in [5, 5.41) is 3.52. The number of halogens is 1. The molecule has 0 heterocycles. The lowest BCUT2D eigenvalue weighted by molar-refractivity contribution is 0.463. The maximum Gasteiger partial charge on any atom is 0.0415 e. The highest BCUT2D eigenvalue weighted by Gasteiger charge is 2.50. The molecule has 1 fully saturated rings. The van der Waals surface area contributed by atoms with Crippen molar-refractivity contribution in [2.75, 3.05) is 7.05 Å². The van der Waals surface area contributed by atoms with Crippen LogP contribution in [0, 0.1) is 0 Å². The number of rotatable bonds is 4. The molecule has 3 rings (SSSR count). The lowest BCUT2D eigenvalue weighted by Crippen LogP contribution is -2.29. The number of hydrogen-bond acceptors (Lipinski definition) is 1. The first-order valence-electron chi connectivity index (χ1n) is 6.74. The molecule has 0 bridgehead atoms. The summed E-state index contributed by atoms with van der Waals surface area (Å²) in [5.74, 6) is 0. The van der Waals surface area contributed by atoms with Gasteiger partial charge in [0.25, 0.3) is 0 Å². The summed E-state index contributed by atoms with van der Waals surface area (Å²) in [7, 11) is 2.07. The third-order valence-corrected chi connectivity index (χ3v) is 4.71. The van der Waals surface area contributed by atoms with Crippen LogP contribution in [0.3, 0.4) is 0 Å². The van der Waals surface area contributed by atoms with Crippen LogP contribution in [0.4, 0.5) is 0 Å². The maximum absolute atomic E-state index is 3.52. The molecule has 0 radical (unpaired) electrons. The molecule has 1 atom stereocenters. The van der Waals surface area contributed by atoms with Gasteiger partial charge in [0, 0.05) is 15.9 Å². The highest BCUT2D eigenvalue weighted by atomic mass is 79.9. The molecule has 1 aliphatic carbocycles. The van der Waals surface area contributed by atoms with Crippen LogP contribution < -0.4 is 5.32 Å². The van der Waals surface area contributed by atoms with Crippen LogP contribution in [0.25, 0.3) is 0 Å². The van der Waals surface area contributed by atoms with Crippen LogP contribution in [0.15, 0.2) is 59.1 Å². The third kappa shape index (κ3) is 2.35. The second kappa shape index (κ2) is 5.10. The second-order valence-electron chi connectivity index (χ2n) is 5.30. The summed E-state index contributed by atoms with van der Waals surface area (Å²) in [5.41, 5.74) is 3.11. The zero-order valence-electron chi connectivity index (χ0n) is 11.1. The summed E-state index contributed by atoms with van der Waals surface area (Å²) in [6, 6.07) is 20.0. The molecule has 98 valence electrons. The highest BCUT2D eigenvalue weighted by molar-refractivity contribution is 9.10. The molecule has 1 nitrogen and oxygen atoms in total. The van der Waals surface area contributed by atoms with Gasteiger partial charge in [0.1, 0.15) is 0 Å². The van der Waals surface area contributed by atoms with E-state index in [2.05, 4.69) is 82.9 Å². The Balaban J connectivity index is 1.97. The van der Waals surface area contributed by atoms with Crippen LogP contribution in [-0.4, -0.2) is 7.05 Å². The smallest absolute Gasteiger partial charge is 0.0415 e. The molecule has 2 aromatic rings. The van der Waals surface area contributed by atoms with Crippen LogP contribution >= 0.6 is 15.9 Å². The van der Waals surface area contributed by atoms with E-state index < -0.39 is 0 Å². The minimum atomic E-state index is 0.282. The van der Waals surface area contributed by atoms with E-state index in [0.29, 0.717) is 6.04 Å². The van der Waals surface area contributed by atoms with Gasteiger partial charge in [0.05, 0.1) is 0 Å². The van der Waals surface area contributed by atoms with E-state index in [0.717, 1.165) is 4.47 Å². The van der Waals surface area contributed by atoms with E-state index in [1.54, 1.807) is 0 Å². The van der Waals surface area contributed by atoms with E-state index in [9.17, 15) is 0 Å². The maximum atomic E-state index is 3.52. The molecule has 0 aliphatic heterocycles. The first kappa shape index (κ1) is 12.9. The highest BCUT2D eigenvalue weighted by Crippen LogP contribution is 2.56. The molecular formula is C17H18BrN. The molecule has 0 spiro atoms. The Hall–Kier alpha value is -1.12. The fourth-order valence-corrected chi connectivity index (χ4v) is 3.33. The summed E-state index contributed by atoms with van der Waals surface area (Å²) >= 11 is 3.51. The van der Waals surface area contributed by atoms with Crippen molar-refractivity contribution in [2.24, 2.45) is 0 Å². The molecule has 1 unspecified atom stereocenters. The van der Waals surface area contributed by atoms with Gasteiger partial charge in [-0.05, 0) is 43.1 Å². The van der Waals surface area contributed by atoms with Crippen LogP contribution in [0.5, 0.6) is 0 Å². The van der Waals surface area contributed by atoms with Gasteiger partial charge in [0.2, 0.25) is 0 Å². The zero-order chi connectivity index (χ0) is 13.3. The first-order valence-corrected chi connectivity index (χ1v) is 7.54. The summed E-state index contributed by atoms with van der Waals surface area (Å²) < 4.78 is 1.13. The molecule has 2 heteroatoms. The van der Waals surface area contributed by atoms with E-state index in [4.69, 9.17) is 0 Å². The lowest BCUT2D eigenvalue weighted by atomic mass is 9.84. The Morgan fingerprint density at radius 2 is 1.63 bits per heavy atom. The van der Waals surface area contributed by atoms with Gasteiger partial charge in [-0.2, -0.15) is 0 Å². The Bertz CT molecular complexity index is 543. The van der Waals surface area contributed by atoms with E-state index in [-0.39, 0.29) is 5.41 Å². The standard InChI is InChI=1S/C17H18BrN/c1-19-16(13-7-9-15(18)10-8-13)17(11-12-17)14-5-3-2-4-6-14/h2-10,16,19H,11-12H2,1H3. The molecule has 2 aromatic carbocycles. The normalized spacial score (nSPS) is 18.0. The molecule has 1 saturated carbocycles. The Morgan fingerprint density at radius 3 is 2.16 bits per heavy atom. The first-order chi connectivity index (χ1) is 9.26. The molecule has 0 amide bonds. The fraction of sp³-hybridized carbons (Fsp3) is 0.294. The Kier molecular flexibility index (Phi) is 3.46. The average molecular weight is 316 g/mol. The van der Waals surface area contributed by atoms with E-state index in [1.807, 2.05) is 0 Å². The van der Waals surface area contributed by atoms with Crippen molar-refractivity contribution in [3.63, 3.8) is 0 Å². The van der Waals surface area contributed by atoms with Gasteiger partial charge in [-0.1, -0.05) is 58.4 Å². The van der Waals surface area contributed by atoms with Gasteiger partial charge in [-0.3, -0.25) is 0 Å². The Morgan fingerprint density at radius 1 is 1.00 bits per heavy atom. The lowest BCUT2D eigenvalue weighted by Gasteiger charge is -2.28. The summed E-state index contributed by atoms with van der Waals surface area (Å²) in [6.45, 7) is 0. The Labute approximate surface area is 123 Å². The largest absolute Gasteiger partial charge is 0.312 e. The van der Waals surface area contributed by atoms with E-state index in [1.165, 1.54) is 24.0 Å². The molecule has 0 aromatic heterocycles. The van der Waals surface area contributed by atoms with Crippen molar-refractivity contribution < 1.29 is 0 Å². The van der Waals surface area contributed by atoms with Gasteiger partial charge in [-0.25, -0.2) is 0 Å². The summed E-state index contributed by atoms with van der Waals surface area (Å²) in [6.07, 6.45) is 2.52. The number of benzene rings is 2. The van der Waals surface area contributed by atoms with Crippen molar-refractivity contribution in [1.82, 2.24) is 5.32 Å². The van der Waals surface area contributed by atoms with Crippen LogP contribution in [0.1, 0.15) is 30.0 Å². The van der Waals surface area contributed by atoms with Crippen molar-refractivity contribution >= 4 is 15.9 Å². The average Bonchev–Trinajstić information content (AvgIpc) is 3.24. The van der Waals surface area contributed by atoms with E-state index >= 15 is 0 Å². The van der Waals surface area contributed by atoms with Crippen LogP contribution in [0.2, 0.25) is 0 Å². The molecular weight excluding hydrogens is 298 g/mol. The summed E-state index contributed by atoms with van der Waals surface area (Å²) in [4.78, 5) is 0. The van der Waals surface area contributed by atoms with Gasteiger partial charge >= 0.3 is 0 Å². The molecule has 0 saturated heterocycles. The van der Waals surface area contributed by atoms with Crippen molar-refractivity contribution in [2.45, 2.75) is 24.3 Å². The fourth-order valence-electron chi connectivity index (χ4n) is 3.07. The van der Waals surface area contributed by atoms with Gasteiger partial charge in [-0.15, -0.1) is 0 Å². The second-order valence-corrected chi connectivity index (χ2v) is 6.21. The number of hydrogen-bond donors (Lipinski definition) is 1. The molecule has 1 aliphatic rings.